The van der Waals surface area contributed by atoms with E-state index in [1.165, 1.54) is 38.4 Å². The SMILES string of the molecule is CN(C)S(=O)(=O)c1ccc(CNC(=O)Nc2ccccc2C(F)(F)F)s1. The van der Waals surface area contributed by atoms with Crippen molar-refractivity contribution in [1.82, 2.24) is 9.62 Å². The number of nitrogens with one attached hydrogen (secondary N) is 2. The summed E-state index contributed by atoms with van der Waals surface area (Å²) in [4.78, 5) is 12.4. The van der Waals surface area contributed by atoms with E-state index in [9.17, 15) is 26.4 Å². The van der Waals surface area contributed by atoms with Crippen LogP contribution in [-0.2, 0) is 22.7 Å². The summed E-state index contributed by atoms with van der Waals surface area (Å²) in [5.74, 6) is 0. The molecule has 0 aliphatic rings. The molecular formula is C15H16F3N3O3S2. The van der Waals surface area contributed by atoms with E-state index in [-0.39, 0.29) is 16.4 Å². The second-order valence-corrected chi connectivity index (χ2v) is 8.91. The van der Waals surface area contributed by atoms with Gasteiger partial charge in [-0.25, -0.2) is 17.5 Å². The van der Waals surface area contributed by atoms with Gasteiger partial charge in [-0.15, -0.1) is 11.3 Å². The van der Waals surface area contributed by atoms with Crippen molar-refractivity contribution >= 4 is 33.1 Å². The van der Waals surface area contributed by atoms with E-state index in [1.54, 1.807) is 0 Å². The number of carbonyl (C=O) groups excluding carboxylic acids is 1. The maximum Gasteiger partial charge on any atom is 0.418 e. The molecule has 2 amide bonds. The lowest BCUT2D eigenvalue weighted by Crippen LogP contribution is -2.29. The summed E-state index contributed by atoms with van der Waals surface area (Å²) >= 11 is 0.972. The van der Waals surface area contributed by atoms with Crippen molar-refractivity contribution in [2.24, 2.45) is 0 Å². The van der Waals surface area contributed by atoms with Gasteiger partial charge in [0.1, 0.15) is 4.21 Å². The Balaban J connectivity index is 2.02. The third kappa shape index (κ3) is 4.74. The van der Waals surface area contributed by atoms with E-state index in [4.69, 9.17) is 0 Å². The second-order valence-electron chi connectivity index (χ2n) is 5.36. The number of para-hydroxylation sites is 1. The minimum absolute atomic E-state index is 0.0202. The number of halogens is 3. The van der Waals surface area contributed by atoms with Crippen molar-refractivity contribution in [2.75, 3.05) is 19.4 Å². The minimum Gasteiger partial charge on any atom is -0.333 e. The van der Waals surface area contributed by atoms with Gasteiger partial charge in [0.2, 0.25) is 0 Å². The third-order valence-corrected chi connectivity index (χ3v) is 6.64. The second kappa shape index (κ2) is 7.64. The van der Waals surface area contributed by atoms with Crippen LogP contribution in [0.1, 0.15) is 10.4 Å². The van der Waals surface area contributed by atoms with Crippen LogP contribution in [0.3, 0.4) is 0 Å². The fourth-order valence-corrected chi connectivity index (χ4v) is 4.41. The number of nitrogens with zero attached hydrogens (tertiary/aromatic N) is 1. The fourth-order valence-electron chi connectivity index (χ4n) is 1.95. The quantitative estimate of drug-likeness (QED) is 0.798. The Labute approximate surface area is 152 Å². The fraction of sp³-hybridized carbons (Fsp3) is 0.267. The van der Waals surface area contributed by atoms with Crippen LogP contribution in [-0.4, -0.2) is 32.8 Å². The van der Waals surface area contributed by atoms with Gasteiger partial charge in [-0.2, -0.15) is 13.2 Å². The number of hydrogen-bond acceptors (Lipinski definition) is 4. The molecule has 0 spiro atoms. The van der Waals surface area contributed by atoms with E-state index >= 15 is 0 Å². The molecule has 2 rings (SSSR count). The molecule has 0 bridgehead atoms. The molecule has 0 unspecified atom stereocenters. The first-order valence-corrected chi connectivity index (χ1v) is 9.50. The van der Waals surface area contributed by atoms with E-state index in [2.05, 4.69) is 10.6 Å². The molecule has 2 N–H and O–H groups in total. The number of amides is 2. The Morgan fingerprint density at radius 1 is 1.15 bits per heavy atom. The van der Waals surface area contributed by atoms with Crippen LogP contribution in [0.15, 0.2) is 40.6 Å². The molecule has 0 atom stereocenters. The molecule has 0 aliphatic heterocycles. The average molecular weight is 407 g/mol. The zero-order valence-electron chi connectivity index (χ0n) is 13.8. The van der Waals surface area contributed by atoms with Gasteiger partial charge in [0, 0.05) is 19.0 Å². The zero-order chi connectivity index (χ0) is 19.5. The van der Waals surface area contributed by atoms with Crippen molar-refractivity contribution in [1.29, 1.82) is 0 Å². The maximum atomic E-state index is 12.9. The summed E-state index contributed by atoms with van der Waals surface area (Å²) in [6.45, 7) is -0.0202. The summed E-state index contributed by atoms with van der Waals surface area (Å²) in [7, 11) is -0.764. The Morgan fingerprint density at radius 2 is 1.81 bits per heavy atom. The Bertz CT molecular complexity index is 893. The lowest BCUT2D eigenvalue weighted by molar-refractivity contribution is -0.136. The number of thiophene rings is 1. The molecule has 0 fully saturated rings. The number of rotatable bonds is 5. The number of anilines is 1. The van der Waals surface area contributed by atoms with Crippen molar-refractivity contribution in [3.8, 4) is 0 Å². The predicted octanol–water partition coefficient (Wildman–Crippen LogP) is 3.34. The third-order valence-electron chi connectivity index (χ3n) is 3.28. The summed E-state index contributed by atoms with van der Waals surface area (Å²) < 4.78 is 63.8. The van der Waals surface area contributed by atoms with Gasteiger partial charge in [0.15, 0.2) is 0 Å². The molecule has 1 aromatic heterocycles. The first kappa shape index (κ1) is 20.2. The van der Waals surface area contributed by atoms with E-state index in [0.717, 1.165) is 27.8 Å². The first-order chi connectivity index (χ1) is 12.0. The lowest BCUT2D eigenvalue weighted by atomic mass is 10.1. The number of alkyl halides is 3. The molecular weight excluding hydrogens is 391 g/mol. The van der Waals surface area contributed by atoms with Crippen molar-refractivity contribution in [3.63, 3.8) is 0 Å². The molecule has 142 valence electrons. The highest BCUT2D eigenvalue weighted by Crippen LogP contribution is 2.34. The van der Waals surface area contributed by atoms with E-state index in [0.29, 0.717) is 4.88 Å². The van der Waals surface area contributed by atoms with E-state index < -0.39 is 27.8 Å². The first-order valence-electron chi connectivity index (χ1n) is 7.24. The van der Waals surface area contributed by atoms with Crippen LogP contribution in [0.2, 0.25) is 0 Å². The molecule has 6 nitrogen and oxygen atoms in total. The zero-order valence-corrected chi connectivity index (χ0v) is 15.4. The molecule has 0 saturated heterocycles. The largest absolute Gasteiger partial charge is 0.418 e. The smallest absolute Gasteiger partial charge is 0.333 e. The molecule has 1 heterocycles. The van der Waals surface area contributed by atoms with Crippen LogP contribution in [0.4, 0.5) is 23.7 Å². The molecule has 26 heavy (non-hydrogen) atoms. The Morgan fingerprint density at radius 3 is 2.42 bits per heavy atom. The monoisotopic (exact) mass is 407 g/mol. The highest BCUT2D eigenvalue weighted by atomic mass is 32.2. The van der Waals surface area contributed by atoms with Gasteiger partial charge < -0.3 is 10.6 Å². The number of sulfonamides is 1. The highest BCUT2D eigenvalue weighted by molar-refractivity contribution is 7.91. The molecule has 1 aromatic carbocycles. The van der Waals surface area contributed by atoms with Gasteiger partial charge in [-0.1, -0.05) is 12.1 Å². The summed E-state index contributed by atoms with van der Waals surface area (Å²) in [6, 6.07) is 6.74. The van der Waals surface area contributed by atoms with Gasteiger partial charge in [-0.05, 0) is 24.3 Å². The topological polar surface area (TPSA) is 78.5 Å². The number of hydrogen-bond donors (Lipinski definition) is 2. The highest BCUT2D eigenvalue weighted by Gasteiger charge is 2.33. The van der Waals surface area contributed by atoms with Gasteiger partial charge >= 0.3 is 12.2 Å². The van der Waals surface area contributed by atoms with Crippen LogP contribution >= 0.6 is 11.3 Å². The molecule has 0 radical (unpaired) electrons. The Kier molecular flexibility index (Phi) is 5.94. The summed E-state index contributed by atoms with van der Waals surface area (Å²) in [5, 5.41) is 4.56. The van der Waals surface area contributed by atoms with E-state index in [1.807, 2.05) is 0 Å². The molecule has 2 aromatic rings. The van der Waals surface area contributed by atoms with Crippen molar-refractivity contribution < 1.29 is 26.4 Å². The minimum atomic E-state index is -4.59. The number of urea groups is 1. The van der Waals surface area contributed by atoms with Crippen LogP contribution < -0.4 is 10.6 Å². The predicted molar refractivity (Wildman–Crippen MR) is 92.5 cm³/mol. The molecule has 0 saturated carbocycles. The van der Waals surface area contributed by atoms with Crippen LogP contribution in [0.5, 0.6) is 0 Å². The maximum absolute atomic E-state index is 12.9. The average Bonchev–Trinajstić information content (AvgIpc) is 3.02. The van der Waals surface area contributed by atoms with Crippen molar-refractivity contribution in [3.05, 3.63) is 46.8 Å². The number of carbonyl (C=O) groups is 1. The summed E-state index contributed by atoms with van der Waals surface area (Å²) in [6.07, 6.45) is -4.59. The van der Waals surface area contributed by atoms with Crippen LogP contribution in [0.25, 0.3) is 0 Å². The Hall–Kier alpha value is -2.11. The van der Waals surface area contributed by atoms with Gasteiger partial charge in [0.25, 0.3) is 10.0 Å². The normalized spacial score (nSPS) is 12.2. The standard InChI is InChI=1S/C15H16F3N3O3S2/c1-21(2)26(23,24)13-8-7-10(25-13)9-19-14(22)20-12-6-4-3-5-11(12)15(16,17)18/h3-8H,9H2,1-2H3,(H2,19,20,22). The molecule has 11 heteroatoms. The van der Waals surface area contributed by atoms with Gasteiger partial charge in [-0.3, -0.25) is 0 Å². The van der Waals surface area contributed by atoms with Crippen molar-refractivity contribution in [2.45, 2.75) is 16.9 Å². The lowest BCUT2D eigenvalue weighted by Gasteiger charge is -2.13. The van der Waals surface area contributed by atoms with Crippen LogP contribution in [0, 0.1) is 0 Å². The molecule has 0 aliphatic carbocycles. The van der Waals surface area contributed by atoms with Gasteiger partial charge in [0.05, 0.1) is 17.8 Å². The summed E-state index contributed by atoms with van der Waals surface area (Å²) in [5.41, 5.74) is -1.31. The number of benzene rings is 1.